The molecule has 3 aromatic rings. The van der Waals surface area contributed by atoms with Crippen molar-refractivity contribution in [1.29, 1.82) is 5.41 Å². The standard InChI is InChI=1S/C24H22FN3O/c25-20-7-9-21(10-8-20)27-22-11-6-18(14-19(22)15-26)23-12-13-24(29)28(23)16-17-4-2-1-3-5-17/h1-11,14-15,23,26-27H,12-13,16H2. The quantitative estimate of drug-likeness (QED) is 0.554. The first-order chi connectivity index (χ1) is 14.1. The lowest BCUT2D eigenvalue weighted by molar-refractivity contribution is -0.129. The van der Waals surface area contributed by atoms with Crippen LogP contribution in [0.25, 0.3) is 0 Å². The summed E-state index contributed by atoms with van der Waals surface area (Å²) in [6.45, 7) is 0.583. The molecular weight excluding hydrogens is 365 g/mol. The SMILES string of the molecule is N=Cc1cc(C2CCC(=O)N2Cc2ccccc2)ccc1Nc1ccc(F)cc1. The van der Waals surface area contributed by atoms with Crippen molar-refractivity contribution in [2.75, 3.05) is 5.32 Å². The molecule has 4 rings (SSSR count). The van der Waals surface area contributed by atoms with Gasteiger partial charge in [-0.2, -0.15) is 0 Å². The summed E-state index contributed by atoms with van der Waals surface area (Å²) in [6, 6.07) is 22.0. The minimum atomic E-state index is -0.289. The van der Waals surface area contributed by atoms with E-state index < -0.39 is 0 Å². The molecule has 1 atom stereocenters. The molecule has 0 bridgehead atoms. The maximum absolute atomic E-state index is 13.1. The lowest BCUT2D eigenvalue weighted by Gasteiger charge is -2.26. The zero-order chi connectivity index (χ0) is 20.2. The number of nitrogens with one attached hydrogen (secondary N) is 2. The highest BCUT2D eigenvalue weighted by atomic mass is 19.1. The van der Waals surface area contributed by atoms with E-state index in [0.29, 0.717) is 13.0 Å². The number of amides is 1. The van der Waals surface area contributed by atoms with Crippen molar-refractivity contribution < 1.29 is 9.18 Å². The fourth-order valence-electron chi connectivity index (χ4n) is 3.77. The summed E-state index contributed by atoms with van der Waals surface area (Å²) in [5, 5.41) is 11.0. The van der Waals surface area contributed by atoms with Crippen LogP contribution in [0.3, 0.4) is 0 Å². The Hall–Kier alpha value is -3.47. The van der Waals surface area contributed by atoms with Gasteiger partial charge in [-0.15, -0.1) is 0 Å². The predicted molar refractivity (Wildman–Crippen MR) is 113 cm³/mol. The van der Waals surface area contributed by atoms with Gasteiger partial charge in [0.2, 0.25) is 5.91 Å². The van der Waals surface area contributed by atoms with E-state index in [1.807, 2.05) is 53.4 Å². The van der Waals surface area contributed by atoms with Crippen LogP contribution in [0.4, 0.5) is 15.8 Å². The smallest absolute Gasteiger partial charge is 0.223 e. The number of anilines is 2. The number of carbonyl (C=O) groups is 1. The number of hydrogen-bond donors (Lipinski definition) is 2. The van der Waals surface area contributed by atoms with Gasteiger partial charge >= 0.3 is 0 Å². The number of likely N-dealkylation sites (tertiary alicyclic amines) is 1. The van der Waals surface area contributed by atoms with Crippen molar-refractivity contribution in [3.63, 3.8) is 0 Å². The molecule has 1 amide bonds. The lowest BCUT2D eigenvalue weighted by Crippen LogP contribution is -2.27. The van der Waals surface area contributed by atoms with E-state index in [2.05, 4.69) is 5.32 Å². The Balaban J connectivity index is 1.58. The van der Waals surface area contributed by atoms with Crippen molar-refractivity contribution in [1.82, 2.24) is 4.90 Å². The van der Waals surface area contributed by atoms with E-state index in [1.165, 1.54) is 18.3 Å². The third kappa shape index (κ3) is 4.19. The van der Waals surface area contributed by atoms with Gasteiger partial charge in [-0.3, -0.25) is 4.79 Å². The molecule has 1 aliphatic rings. The highest BCUT2D eigenvalue weighted by molar-refractivity contribution is 5.88. The number of nitrogens with zero attached hydrogens (tertiary/aromatic N) is 1. The van der Waals surface area contributed by atoms with E-state index in [1.54, 1.807) is 12.1 Å². The average Bonchev–Trinajstić information content (AvgIpc) is 3.11. The molecule has 2 N–H and O–H groups in total. The maximum atomic E-state index is 13.1. The Bertz CT molecular complexity index is 1020. The molecule has 0 saturated carbocycles. The van der Waals surface area contributed by atoms with Crippen molar-refractivity contribution in [3.8, 4) is 0 Å². The van der Waals surface area contributed by atoms with Gasteiger partial charge in [-0.05, 0) is 53.9 Å². The Kier molecular flexibility index (Phi) is 5.38. The van der Waals surface area contributed by atoms with Gasteiger partial charge in [0, 0.05) is 36.1 Å². The molecule has 1 unspecified atom stereocenters. The summed E-state index contributed by atoms with van der Waals surface area (Å²) < 4.78 is 13.1. The van der Waals surface area contributed by atoms with E-state index >= 15 is 0 Å². The Morgan fingerprint density at radius 3 is 2.55 bits per heavy atom. The van der Waals surface area contributed by atoms with E-state index in [9.17, 15) is 9.18 Å². The Morgan fingerprint density at radius 2 is 1.83 bits per heavy atom. The van der Waals surface area contributed by atoms with Crippen LogP contribution in [0.2, 0.25) is 0 Å². The van der Waals surface area contributed by atoms with Crippen LogP contribution in [0.5, 0.6) is 0 Å². The summed E-state index contributed by atoms with van der Waals surface area (Å²) in [6.07, 6.45) is 2.61. The Labute approximate surface area is 169 Å². The van der Waals surface area contributed by atoms with Crippen LogP contribution in [-0.2, 0) is 11.3 Å². The van der Waals surface area contributed by atoms with Crippen molar-refractivity contribution >= 4 is 23.5 Å². The first kappa shape index (κ1) is 18.9. The molecule has 1 heterocycles. The van der Waals surface area contributed by atoms with Gasteiger partial charge < -0.3 is 15.6 Å². The second-order valence-corrected chi connectivity index (χ2v) is 7.18. The fourth-order valence-corrected chi connectivity index (χ4v) is 3.77. The van der Waals surface area contributed by atoms with E-state index in [-0.39, 0.29) is 17.8 Å². The van der Waals surface area contributed by atoms with Gasteiger partial charge in [-0.25, -0.2) is 4.39 Å². The molecule has 29 heavy (non-hydrogen) atoms. The minimum Gasteiger partial charge on any atom is -0.355 e. The van der Waals surface area contributed by atoms with Gasteiger partial charge in [0.25, 0.3) is 0 Å². The summed E-state index contributed by atoms with van der Waals surface area (Å²) in [5.41, 5.74) is 4.38. The number of carbonyl (C=O) groups excluding carboxylic acids is 1. The summed E-state index contributed by atoms with van der Waals surface area (Å²) in [4.78, 5) is 14.4. The van der Waals surface area contributed by atoms with Gasteiger partial charge in [-0.1, -0.05) is 36.4 Å². The molecule has 0 spiro atoms. The number of hydrogen-bond acceptors (Lipinski definition) is 3. The number of halogens is 1. The van der Waals surface area contributed by atoms with Crippen LogP contribution in [0.15, 0.2) is 72.8 Å². The first-order valence-electron chi connectivity index (χ1n) is 9.64. The highest BCUT2D eigenvalue weighted by Gasteiger charge is 2.32. The fraction of sp³-hybridized carbons (Fsp3) is 0.167. The molecule has 0 aromatic heterocycles. The van der Waals surface area contributed by atoms with E-state index in [0.717, 1.165) is 34.5 Å². The topological polar surface area (TPSA) is 56.2 Å². The van der Waals surface area contributed by atoms with Gasteiger partial charge in [0.15, 0.2) is 0 Å². The minimum absolute atomic E-state index is 0.00118. The first-order valence-corrected chi connectivity index (χ1v) is 9.64. The summed E-state index contributed by atoms with van der Waals surface area (Å²) in [7, 11) is 0. The zero-order valence-corrected chi connectivity index (χ0v) is 15.9. The number of benzene rings is 3. The van der Waals surface area contributed by atoms with Gasteiger partial charge in [0.05, 0.1) is 6.04 Å². The molecule has 5 heteroatoms. The number of rotatable bonds is 6. The Morgan fingerprint density at radius 1 is 1.07 bits per heavy atom. The van der Waals surface area contributed by atoms with Crippen LogP contribution < -0.4 is 5.32 Å². The van der Waals surface area contributed by atoms with Crippen LogP contribution in [-0.4, -0.2) is 17.0 Å². The second kappa shape index (κ2) is 8.27. The van der Waals surface area contributed by atoms with Crippen molar-refractivity contribution in [3.05, 3.63) is 95.3 Å². The molecule has 146 valence electrons. The molecule has 1 aliphatic heterocycles. The highest BCUT2D eigenvalue weighted by Crippen LogP contribution is 2.35. The lowest BCUT2D eigenvalue weighted by atomic mass is 10.0. The van der Waals surface area contributed by atoms with Crippen molar-refractivity contribution in [2.24, 2.45) is 0 Å². The third-order valence-corrected chi connectivity index (χ3v) is 5.26. The molecule has 0 radical (unpaired) electrons. The summed E-state index contributed by atoms with van der Waals surface area (Å²) >= 11 is 0. The predicted octanol–water partition coefficient (Wildman–Crippen LogP) is 5.43. The van der Waals surface area contributed by atoms with Gasteiger partial charge in [0.1, 0.15) is 5.82 Å². The molecular formula is C24H22FN3O. The van der Waals surface area contributed by atoms with Crippen LogP contribution in [0.1, 0.15) is 35.6 Å². The zero-order valence-electron chi connectivity index (χ0n) is 15.9. The average molecular weight is 387 g/mol. The van der Waals surface area contributed by atoms with Crippen molar-refractivity contribution in [2.45, 2.75) is 25.4 Å². The van der Waals surface area contributed by atoms with Crippen LogP contribution >= 0.6 is 0 Å². The van der Waals surface area contributed by atoms with Crippen LogP contribution in [0, 0.1) is 11.2 Å². The van der Waals surface area contributed by atoms with E-state index in [4.69, 9.17) is 5.41 Å². The monoisotopic (exact) mass is 387 g/mol. The molecule has 1 fully saturated rings. The molecule has 4 nitrogen and oxygen atoms in total. The summed E-state index contributed by atoms with van der Waals surface area (Å²) in [5.74, 6) is -0.133. The maximum Gasteiger partial charge on any atom is 0.223 e. The normalized spacial score (nSPS) is 16.1. The second-order valence-electron chi connectivity index (χ2n) is 7.18. The molecule has 3 aromatic carbocycles. The molecule has 0 aliphatic carbocycles. The third-order valence-electron chi connectivity index (χ3n) is 5.26. The molecule has 1 saturated heterocycles. The largest absolute Gasteiger partial charge is 0.355 e.